The van der Waals surface area contributed by atoms with Crippen molar-refractivity contribution in [3.05, 3.63) is 28.2 Å². The summed E-state index contributed by atoms with van der Waals surface area (Å²) >= 11 is 0. The Labute approximate surface area is 126 Å². The molecule has 13 heavy (non-hydrogen) atoms. The van der Waals surface area contributed by atoms with Crippen LogP contribution in [0.5, 0.6) is 0 Å². The van der Waals surface area contributed by atoms with Crippen LogP contribution in [0, 0.1) is 6.92 Å². The van der Waals surface area contributed by atoms with E-state index in [0.29, 0.717) is 11.4 Å². The fourth-order valence-electron chi connectivity index (χ4n) is 1.15. The van der Waals surface area contributed by atoms with Gasteiger partial charge in [-0.15, -0.1) is 5.69 Å². The van der Waals surface area contributed by atoms with E-state index in [9.17, 15) is 8.42 Å². The Balaban J connectivity index is 0.000000845. The minimum absolute atomic E-state index is 0. The van der Waals surface area contributed by atoms with E-state index in [0.717, 1.165) is 5.69 Å². The molecule has 2 heterocycles. The second-order valence-electron chi connectivity index (χ2n) is 2.74. The molecule has 0 fully saturated rings. The van der Waals surface area contributed by atoms with Gasteiger partial charge in [0.1, 0.15) is 0 Å². The number of nitrogens with zero attached hydrogens (tertiary/aromatic N) is 2. The summed E-state index contributed by atoms with van der Waals surface area (Å²) in [6.07, 6.45) is 0. The first-order valence-electron chi connectivity index (χ1n) is 3.49. The SMILES string of the molecule is Cc1ccc2c(n1)CS(=O)(=O)[N-]2.[Rb+]. The smallest absolute Gasteiger partial charge is 0.575 e. The largest absolute Gasteiger partial charge is 1.00 e. The topological polar surface area (TPSA) is 61.1 Å². The van der Waals surface area contributed by atoms with Gasteiger partial charge >= 0.3 is 58.2 Å². The first-order valence-corrected chi connectivity index (χ1v) is 5.10. The summed E-state index contributed by atoms with van der Waals surface area (Å²) in [5.74, 6) is -0.0516. The van der Waals surface area contributed by atoms with Crippen LogP contribution in [0.1, 0.15) is 11.4 Å². The molecule has 0 radical (unpaired) electrons. The van der Waals surface area contributed by atoms with E-state index in [1.54, 1.807) is 12.1 Å². The minimum atomic E-state index is -3.26. The van der Waals surface area contributed by atoms with Gasteiger partial charge in [0.25, 0.3) is 0 Å². The zero-order chi connectivity index (χ0) is 8.77. The van der Waals surface area contributed by atoms with E-state index in [2.05, 4.69) is 9.71 Å². The first kappa shape index (κ1) is 11.8. The molecule has 6 heteroatoms. The van der Waals surface area contributed by atoms with Crippen LogP contribution in [-0.4, -0.2) is 13.4 Å². The predicted molar refractivity (Wildman–Crippen MR) is 44.6 cm³/mol. The van der Waals surface area contributed by atoms with E-state index in [1.807, 2.05) is 6.92 Å². The molecule has 0 N–H and O–H groups in total. The van der Waals surface area contributed by atoms with Crippen molar-refractivity contribution >= 4 is 15.7 Å². The van der Waals surface area contributed by atoms with Gasteiger partial charge in [-0.05, 0) is 13.0 Å². The van der Waals surface area contributed by atoms with Crippen molar-refractivity contribution in [2.75, 3.05) is 0 Å². The number of fused-ring (bicyclic) bond motifs is 1. The zero-order valence-electron chi connectivity index (χ0n) is 7.48. The van der Waals surface area contributed by atoms with Gasteiger partial charge in [0, 0.05) is 11.4 Å². The Morgan fingerprint density at radius 2 is 2.15 bits per heavy atom. The Morgan fingerprint density at radius 1 is 1.46 bits per heavy atom. The molecule has 0 aromatic carbocycles. The van der Waals surface area contributed by atoms with Crippen molar-refractivity contribution in [3.8, 4) is 0 Å². The van der Waals surface area contributed by atoms with E-state index < -0.39 is 10.0 Å². The molecular formula is C7H7N2O2RbS. The van der Waals surface area contributed by atoms with Gasteiger partial charge in [0.15, 0.2) is 0 Å². The third-order valence-electron chi connectivity index (χ3n) is 1.65. The summed E-state index contributed by atoms with van der Waals surface area (Å²) in [4.78, 5) is 4.08. The zero-order valence-corrected chi connectivity index (χ0v) is 13.2. The first-order chi connectivity index (χ1) is 5.57. The molecule has 0 amide bonds. The quantitative estimate of drug-likeness (QED) is 0.560. The van der Waals surface area contributed by atoms with Crippen molar-refractivity contribution in [2.45, 2.75) is 12.7 Å². The minimum Gasteiger partial charge on any atom is -0.575 e. The van der Waals surface area contributed by atoms with Gasteiger partial charge in [-0.1, -0.05) is 6.07 Å². The normalized spacial score (nSPS) is 17.0. The third-order valence-corrected chi connectivity index (χ3v) is 2.76. The van der Waals surface area contributed by atoms with Gasteiger partial charge in [-0.2, -0.15) is 0 Å². The van der Waals surface area contributed by atoms with Crippen LogP contribution in [0.25, 0.3) is 4.72 Å². The van der Waals surface area contributed by atoms with E-state index >= 15 is 0 Å². The second kappa shape index (κ2) is 4.06. The number of pyridine rings is 1. The molecule has 1 aromatic rings. The number of hydrogen-bond donors (Lipinski definition) is 0. The van der Waals surface area contributed by atoms with Gasteiger partial charge in [0.2, 0.25) is 0 Å². The molecule has 0 spiro atoms. The summed E-state index contributed by atoms with van der Waals surface area (Å²) in [6.45, 7) is 1.82. The van der Waals surface area contributed by atoms with Crippen LogP contribution in [-0.2, 0) is 15.8 Å². The van der Waals surface area contributed by atoms with Crippen LogP contribution >= 0.6 is 0 Å². The van der Waals surface area contributed by atoms with E-state index in [4.69, 9.17) is 0 Å². The van der Waals surface area contributed by atoms with Crippen molar-refractivity contribution in [2.24, 2.45) is 0 Å². The van der Waals surface area contributed by atoms with Crippen molar-refractivity contribution in [1.29, 1.82) is 0 Å². The third kappa shape index (κ3) is 2.59. The fraction of sp³-hybridized carbons (Fsp3) is 0.286. The van der Waals surface area contributed by atoms with Crippen molar-refractivity contribution < 1.29 is 66.6 Å². The van der Waals surface area contributed by atoms with Crippen LogP contribution in [0.15, 0.2) is 12.1 Å². The number of rotatable bonds is 0. The maximum Gasteiger partial charge on any atom is 1.00 e. The molecule has 1 aliphatic heterocycles. The maximum atomic E-state index is 11.0. The second-order valence-corrected chi connectivity index (χ2v) is 4.37. The number of aromatic nitrogens is 1. The van der Waals surface area contributed by atoms with Crippen molar-refractivity contribution in [3.63, 3.8) is 0 Å². The van der Waals surface area contributed by atoms with Crippen LogP contribution in [0.3, 0.4) is 0 Å². The van der Waals surface area contributed by atoms with Crippen LogP contribution in [0.4, 0.5) is 5.69 Å². The Morgan fingerprint density at radius 3 is 2.85 bits per heavy atom. The van der Waals surface area contributed by atoms with E-state index in [1.165, 1.54) is 0 Å². The van der Waals surface area contributed by atoms with Gasteiger partial charge in [0.05, 0.1) is 15.8 Å². The monoisotopic (exact) mass is 268 g/mol. The Bertz CT molecular complexity index is 430. The van der Waals surface area contributed by atoms with Crippen LogP contribution < -0.4 is 58.2 Å². The molecule has 0 saturated heterocycles. The van der Waals surface area contributed by atoms with Crippen LogP contribution in [0.2, 0.25) is 0 Å². The molecule has 1 aromatic heterocycles. The molecule has 0 atom stereocenters. The molecule has 4 nitrogen and oxygen atoms in total. The van der Waals surface area contributed by atoms with E-state index in [-0.39, 0.29) is 63.9 Å². The molecule has 1 aliphatic rings. The average Bonchev–Trinajstić information content (AvgIpc) is 2.21. The summed E-state index contributed by atoms with van der Waals surface area (Å²) in [7, 11) is -3.26. The standard InChI is InChI=1S/C7H7N2O2S.Rb/c1-5-2-3-6-7(8-5)4-12(10,11)9-6;/h2-3H,4H2,1H3;/q-1;+1. The maximum absolute atomic E-state index is 11.0. The molecule has 64 valence electrons. The van der Waals surface area contributed by atoms with Gasteiger partial charge in [-0.25, -0.2) is 8.42 Å². The molecule has 2 rings (SSSR count). The molecular weight excluding hydrogens is 262 g/mol. The Hall–Kier alpha value is 0.705. The number of hydrogen-bond acceptors (Lipinski definition) is 3. The molecule has 0 saturated carbocycles. The summed E-state index contributed by atoms with van der Waals surface area (Å²) in [5.41, 5.74) is 1.87. The van der Waals surface area contributed by atoms with Crippen molar-refractivity contribution in [1.82, 2.24) is 4.98 Å². The summed E-state index contributed by atoms with van der Waals surface area (Å²) < 4.78 is 25.5. The van der Waals surface area contributed by atoms with Gasteiger partial charge in [-0.3, -0.25) is 4.98 Å². The summed E-state index contributed by atoms with van der Waals surface area (Å²) in [6, 6.07) is 3.44. The Kier molecular flexibility index (Phi) is 3.68. The average molecular weight is 269 g/mol. The summed E-state index contributed by atoms with van der Waals surface area (Å²) in [5, 5.41) is 0. The fourth-order valence-corrected chi connectivity index (χ4v) is 2.24. The predicted octanol–water partition coefficient (Wildman–Crippen LogP) is -1.76. The number of aryl methyl sites for hydroxylation is 1. The number of sulfonamides is 1. The molecule has 0 aliphatic carbocycles. The van der Waals surface area contributed by atoms with Gasteiger partial charge < -0.3 is 4.72 Å². The molecule has 0 bridgehead atoms. The molecule has 0 unspecified atom stereocenters.